The predicted molar refractivity (Wildman–Crippen MR) is 43.1 cm³/mol. The molecule has 1 radical (unpaired) electrons. The van der Waals surface area contributed by atoms with Gasteiger partial charge in [-0.05, 0) is 11.3 Å². The van der Waals surface area contributed by atoms with Crippen LogP contribution in [0.3, 0.4) is 0 Å². The summed E-state index contributed by atoms with van der Waals surface area (Å²) in [5.74, 6) is 0.621. The van der Waals surface area contributed by atoms with Crippen molar-refractivity contribution in [2.24, 2.45) is 11.3 Å². The minimum Gasteiger partial charge on any atom is -0.312 e. The average molecular weight is 137 g/mol. The number of carbonyl (C=O) groups excluding carboxylic acids is 1. The molecule has 0 N–H and O–H groups in total. The fourth-order valence-corrected chi connectivity index (χ4v) is 1.33. The van der Waals surface area contributed by atoms with Crippen molar-refractivity contribution in [2.45, 2.75) is 33.5 Å². The Hall–Kier alpha value is -0.265. The molecule has 0 spiro atoms. The van der Waals surface area contributed by atoms with Gasteiger partial charge in [-0.3, -0.25) is 0 Å². The maximum Gasteiger partial charge on any atom is 0.202 e. The molecule has 1 unspecified atom stereocenters. The summed E-state index contributed by atoms with van der Waals surface area (Å²) >= 11 is 0. The van der Waals surface area contributed by atoms with Crippen molar-refractivity contribution in [2.75, 3.05) is 0 Å². The van der Waals surface area contributed by atoms with Crippen LogP contribution in [0.5, 0.6) is 0 Å². The highest BCUT2D eigenvalue weighted by Crippen LogP contribution is 2.39. The van der Waals surface area contributed by atoms with Gasteiger partial charge in [0.15, 0.2) is 0 Å². The monoisotopic (exact) mass is 137 g/mol. The lowest BCUT2D eigenvalue weighted by Crippen LogP contribution is -2.18. The summed E-state index contributed by atoms with van der Waals surface area (Å²) in [5.41, 5.74) is 0.591. The molecule has 1 saturated heterocycles. The van der Waals surface area contributed by atoms with Gasteiger partial charge in [-0.1, -0.05) is 27.1 Å². The van der Waals surface area contributed by atoms with E-state index in [9.17, 15) is 4.79 Å². The summed E-state index contributed by atoms with van der Waals surface area (Å²) in [6, 6.07) is 0. The Morgan fingerprint density at radius 2 is 2.20 bits per heavy atom. The molecule has 0 aromatic carbocycles. The molecule has 1 nitrogen and oxygen atoms in total. The quantitative estimate of drug-likeness (QED) is 0.502. The van der Waals surface area contributed by atoms with E-state index in [0.29, 0.717) is 11.6 Å². The van der Waals surface area contributed by atoms with Crippen molar-refractivity contribution in [3.05, 3.63) is 0 Å². The van der Waals surface area contributed by atoms with E-state index < -0.39 is 0 Å². The molecule has 10 heavy (non-hydrogen) atoms. The number of rotatable bonds is 1. The van der Waals surface area contributed by atoms with E-state index >= 15 is 0 Å². The van der Waals surface area contributed by atoms with Crippen LogP contribution in [0.1, 0.15) is 27.2 Å². The summed E-state index contributed by atoms with van der Waals surface area (Å²) < 4.78 is 0. The lowest BCUT2D eigenvalue weighted by Gasteiger charge is -2.27. The largest absolute Gasteiger partial charge is 0.312 e. The molecular formula is C8H14BO. The van der Waals surface area contributed by atoms with E-state index in [-0.39, 0.29) is 5.41 Å². The fourth-order valence-electron chi connectivity index (χ4n) is 1.33. The Kier molecular flexibility index (Phi) is 1.89. The smallest absolute Gasteiger partial charge is 0.202 e. The Morgan fingerprint density at radius 1 is 1.60 bits per heavy atom. The minimum atomic E-state index is 0.261. The third kappa shape index (κ3) is 1.25. The van der Waals surface area contributed by atoms with E-state index in [4.69, 9.17) is 0 Å². The van der Waals surface area contributed by atoms with E-state index in [2.05, 4.69) is 20.8 Å². The summed E-state index contributed by atoms with van der Waals surface area (Å²) in [4.78, 5) is 10.9. The molecule has 1 fully saturated rings. The Morgan fingerprint density at radius 3 is 2.40 bits per heavy atom. The van der Waals surface area contributed by atoms with Crippen molar-refractivity contribution in [1.82, 2.24) is 0 Å². The highest BCUT2D eigenvalue weighted by molar-refractivity contribution is 6.75. The molecule has 1 aliphatic rings. The van der Waals surface area contributed by atoms with Gasteiger partial charge in [0.05, 0.1) is 5.68 Å². The van der Waals surface area contributed by atoms with Crippen molar-refractivity contribution < 1.29 is 4.79 Å². The molecule has 1 atom stereocenters. The van der Waals surface area contributed by atoms with Crippen molar-refractivity contribution in [3.63, 3.8) is 0 Å². The highest BCUT2D eigenvalue weighted by Gasteiger charge is 2.36. The van der Waals surface area contributed by atoms with Gasteiger partial charge in [-0.15, -0.1) is 0 Å². The summed E-state index contributed by atoms with van der Waals surface area (Å²) in [6.07, 6.45) is 1.73. The van der Waals surface area contributed by atoms with E-state index in [0.717, 1.165) is 12.7 Å². The van der Waals surface area contributed by atoms with Gasteiger partial charge in [0.25, 0.3) is 0 Å². The zero-order valence-corrected chi connectivity index (χ0v) is 6.98. The van der Waals surface area contributed by atoms with Gasteiger partial charge < -0.3 is 4.79 Å². The van der Waals surface area contributed by atoms with E-state index in [1.54, 1.807) is 0 Å². The Balaban J connectivity index is 2.63. The van der Waals surface area contributed by atoms with Crippen LogP contribution in [0, 0.1) is 11.3 Å². The molecule has 1 aliphatic heterocycles. The molecule has 0 saturated carbocycles. The van der Waals surface area contributed by atoms with Crippen molar-refractivity contribution >= 4 is 13.0 Å². The molecule has 0 aromatic heterocycles. The first-order valence-corrected chi connectivity index (χ1v) is 3.91. The van der Waals surface area contributed by atoms with Crippen molar-refractivity contribution in [1.29, 1.82) is 0 Å². The standard InChI is InChI=1S/C8H14BO/c1-6(2)8(3)4-7(10)9-5-8/h6H,4-5H2,1-3H3. The van der Waals surface area contributed by atoms with Crippen LogP contribution in [0.2, 0.25) is 6.32 Å². The van der Waals surface area contributed by atoms with Crippen molar-refractivity contribution in [3.8, 4) is 0 Å². The number of hydrogen-bond acceptors (Lipinski definition) is 1. The lowest BCUT2D eigenvalue weighted by molar-refractivity contribution is -0.113. The SMILES string of the molecule is CC(C)C1(C)C[B]C(=O)C1. The van der Waals surface area contributed by atoms with Crippen LogP contribution >= 0.6 is 0 Å². The van der Waals surface area contributed by atoms with Gasteiger partial charge in [0.1, 0.15) is 0 Å². The molecule has 0 amide bonds. The summed E-state index contributed by atoms with van der Waals surface area (Å²) in [7, 11) is 1.83. The summed E-state index contributed by atoms with van der Waals surface area (Å²) in [6.45, 7) is 6.57. The Labute approximate surface area is 63.4 Å². The molecule has 2 heteroatoms. The fraction of sp³-hybridized carbons (Fsp3) is 0.875. The number of carbonyl (C=O) groups is 1. The van der Waals surface area contributed by atoms with Gasteiger partial charge in [0.2, 0.25) is 7.28 Å². The van der Waals surface area contributed by atoms with Crippen LogP contribution in [0.25, 0.3) is 0 Å². The van der Waals surface area contributed by atoms with Gasteiger partial charge in [0, 0.05) is 6.42 Å². The van der Waals surface area contributed by atoms with E-state index in [1.165, 1.54) is 0 Å². The predicted octanol–water partition coefficient (Wildman–Crippen LogP) is 1.70. The zero-order chi connectivity index (χ0) is 7.78. The van der Waals surface area contributed by atoms with Crippen LogP contribution in [0.4, 0.5) is 0 Å². The second-order valence-electron chi connectivity index (χ2n) is 3.86. The van der Waals surface area contributed by atoms with Crippen LogP contribution in [-0.2, 0) is 4.79 Å². The first-order valence-electron chi connectivity index (χ1n) is 3.91. The van der Waals surface area contributed by atoms with Gasteiger partial charge in [-0.25, -0.2) is 0 Å². The second kappa shape index (κ2) is 2.41. The number of hydrogen-bond donors (Lipinski definition) is 0. The highest BCUT2D eigenvalue weighted by atomic mass is 16.1. The van der Waals surface area contributed by atoms with Gasteiger partial charge in [-0.2, -0.15) is 0 Å². The Bertz CT molecular complexity index is 153. The normalized spacial score (nSPS) is 33.0. The average Bonchev–Trinajstić information content (AvgIpc) is 2.13. The third-order valence-electron chi connectivity index (χ3n) is 2.77. The topological polar surface area (TPSA) is 17.1 Å². The molecular weight excluding hydrogens is 123 g/mol. The van der Waals surface area contributed by atoms with Crippen LogP contribution in [0.15, 0.2) is 0 Å². The maximum atomic E-state index is 10.9. The molecule has 1 rings (SSSR count). The van der Waals surface area contributed by atoms with Gasteiger partial charge >= 0.3 is 0 Å². The molecule has 0 aromatic rings. The van der Waals surface area contributed by atoms with E-state index in [1.807, 2.05) is 7.28 Å². The first-order chi connectivity index (χ1) is 4.54. The second-order valence-corrected chi connectivity index (χ2v) is 3.86. The molecule has 0 aliphatic carbocycles. The maximum absolute atomic E-state index is 10.9. The molecule has 55 valence electrons. The lowest BCUT2D eigenvalue weighted by atomic mass is 9.69. The zero-order valence-electron chi connectivity index (χ0n) is 6.98. The third-order valence-corrected chi connectivity index (χ3v) is 2.77. The first kappa shape index (κ1) is 7.84. The minimum absolute atomic E-state index is 0.261. The molecule has 0 bridgehead atoms. The molecule has 1 heterocycles. The van der Waals surface area contributed by atoms with Crippen LogP contribution in [-0.4, -0.2) is 13.0 Å². The summed E-state index contributed by atoms with van der Waals surface area (Å²) in [5, 5.41) is 0. The van der Waals surface area contributed by atoms with Crippen LogP contribution < -0.4 is 0 Å².